The molecule has 1 aromatic rings. The molecule has 1 heterocycles. The third-order valence-electron chi connectivity index (χ3n) is 3.27. The molecule has 0 aliphatic carbocycles. The first-order valence-electron chi connectivity index (χ1n) is 6.11. The molecule has 0 amide bonds. The van der Waals surface area contributed by atoms with Crippen molar-refractivity contribution >= 4 is 21.6 Å². The molecule has 0 aromatic heterocycles. The number of halogens is 2. The van der Waals surface area contributed by atoms with Crippen LogP contribution in [0.15, 0.2) is 23.1 Å². The van der Waals surface area contributed by atoms with E-state index in [4.69, 9.17) is 11.6 Å². The Morgan fingerprint density at radius 2 is 2.21 bits per heavy atom. The van der Waals surface area contributed by atoms with Gasteiger partial charge in [0.1, 0.15) is 5.82 Å². The van der Waals surface area contributed by atoms with Gasteiger partial charge in [-0.25, -0.2) is 17.5 Å². The van der Waals surface area contributed by atoms with Gasteiger partial charge in [0, 0.05) is 12.1 Å². The lowest BCUT2D eigenvalue weighted by atomic mass is 10.0. The zero-order chi connectivity index (χ0) is 14.0. The Hall–Kier alpha value is -0.690. The number of rotatable bonds is 3. The molecular formula is C12H16ClFN2O2S. The van der Waals surface area contributed by atoms with E-state index in [-0.39, 0.29) is 22.0 Å². The maximum absolute atomic E-state index is 13.1. The summed E-state index contributed by atoms with van der Waals surface area (Å²) in [5.74, 6) is -0.631. The first kappa shape index (κ1) is 14.7. The van der Waals surface area contributed by atoms with Crippen molar-refractivity contribution in [2.24, 2.45) is 0 Å². The van der Waals surface area contributed by atoms with Gasteiger partial charge in [-0.15, -0.1) is 0 Å². The zero-order valence-corrected chi connectivity index (χ0v) is 12.1. The van der Waals surface area contributed by atoms with E-state index in [1.54, 1.807) is 0 Å². The van der Waals surface area contributed by atoms with Crippen molar-refractivity contribution in [3.8, 4) is 0 Å². The zero-order valence-electron chi connectivity index (χ0n) is 10.5. The maximum atomic E-state index is 13.1. The quantitative estimate of drug-likeness (QED) is 0.897. The summed E-state index contributed by atoms with van der Waals surface area (Å²) >= 11 is 5.61. The van der Waals surface area contributed by atoms with E-state index >= 15 is 0 Å². The first-order chi connectivity index (χ1) is 8.90. The minimum absolute atomic E-state index is 0.0170. The molecule has 2 atom stereocenters. The van der Waals surface area contributed by atoms with Crippen LogP contribution in [-0.4, -0.2) is 27.0 Å². The lowest BCUT2D eigenvalue weighted by Gasteiger charge is -2.30. The van der Waals surface area contributed by atoms with Gasteiger partial charge in [0.2, 0.25) is 10.0 Å². The molecule has 1 saturated heterocycles. The molecule has 4 nitrogen and oxygen atoms in total. The Bertz CT molecular complexity index is 565. The van der Waals surface area contributed by atoms with E-state index in [9.17, 15) is 12.8 Å². The van der Waals surface area contributed by atoms with Gasteiger partial charge in [0.05, 0.1) is 9.92 Å². The molecule has 1 aliphatic heterocycles. The fourth-order valence-corrected chi connectivity index (χ4v) is 3.74. The average molecular weight is 307 g/mol. The van der Waals surface area contributed by atoms with Crippen LogP contribution in [0.25, 0.3) is 0 Å². The van der Waals surface area contributed by atoms with Crippen molar-refractivity contribution in [3.05, 3.63) is 29.0 Å². The molecule has 0 bridgehead atoms. The third kappa shape index (κ3) is 3.45. The summed E-state index contributed by atoms with van der Waals surface area (Å²) < 4.78 is 40.1. The molecule has 2 rings (SSSR count). The molecule has 0 saturated carbocycles. The lowest BCUT2D eigenvalue weighted by Crippen LogP contribution is -2.51. The van der Waals surface area contributed by atoms with Crippen LogP contribution in [0.5, 0.6) is 0 Å². The van der Waals surface area contributed by atoms with Gasteiger partial charge in [-0.2, -0.15) is 0 Å². The van der Waals surface area contributed by atoms with Gasteiger partial charge in [0.25, 0.3) is 0 Å². The predicted octanol–water partition coefficient (Wildman–Crippen LogP) is 1.90. The molecule has 7 heteroatoms. The van der Waals surface area contributed by atoms with E-state index in [2.05, 4.69) is 10.0 Å². The van der Waals surface area contributed by atoms with Crippen LogP contribution < -0.4 is 10.0 Å². The van der Waals surface area contributed by atoms with E-state index < -0.39 is 15.8 Å². The second-order valence-corrected chi connectivity index (χ2v) is 6.81. The van der Waals surface area contributed by atoms with Gasteiger partial charge >= 0.3 is 0 Å². The van der Waals surface area contributed by atoms with E-state index in [0.717, 1.165) is 31.5 Å². The number of piperidine rings is 1. The summed E-state index contributed by atoms with van der Waals surface area (Å²) in [4.78, 5) is -0.0170. The van der Waals surface area contributed by atoms with Gasteiger partial charge in [-0.1, -0.05) is 11.6 Å². The molecule has 0 radical (unpaired) electrons. The smallest absolute Gasteiger partial charge is 0.240 e. The van der Waals surface area contributed by atoms with Crippen LogP contribution in [0.2, 0.25) is 5.02 Å². The fourth-order valence-electron chi connectivity index (χ4n) is 2.12. The van der Waals surface area contributed by atoms with Crippen LogP contribution >= 0.6 is 11.6 Å². The number of sulfonamides is 1. The highest BCUT2D eigenvalue weighted by Gasteiger charge is 2.26. The Labute approximate surface area is 117 Å². The van der Waals surface area contributed by atoms with Gasteiger partial charge in [0.15, 0.2) is 0 Å². The Kier molecular flexibility index (Phi) is 4.45. The topological polar surface area (TPSA) is 58.2 Å². The number of nitrogens with one attached hydrogen (secondary N) is 2. The molecule has 2 unspecified atom stereocenters. The first-order valence-corrected chi connectivity index (χ1v) is 7.97. The Morgan fingerprint density at radius 1 is 1.47 bits per heavy atom. The fraction of sp³-hybridized carbons (Fsp3) is 0.500. The van der Waals surface area contributed by atoms with Crippen LogP contribution in [0.3, 0.4) is 0 Å². The van der Waals surface area contributed by atoms with Gasteiger partial charge < -0.3 is 5.32 Å². The van der Waals surface area contributed by atoms with E-state index in [1.165, 1.54) is 6.07 Å². The monoisotopic (exact) mass is 306 g/mol. The van der Waals surface area contributed by atoms with Gasteiger partial charge in [-0.3, -0.25) is 0 Å². The second kappa shape index (κ2) is 5.75. The highest BCUT2D eigenvalue weighted by atomic mass is 35.5. The summed E-state index contributed by atoms with van der Waals surface area (Å²) in [6, 6.07) is 3.30. The van der Waals surface area contributed by atoms with Crippen molar-refractivity contribution in [2.75, 3.05) is 6.54 Å². The number of hydrogen-bond donors (Lipinski definition) is 2. The highest BCUT2D eigenvalue weighted by Crippen LogP contribution is 2.20. The lowest BCUT2D eigenvalue weighted by molar-refractivity contribution is 0.349. The molecule has 0 spiro atoms. The SMILES string of the molecule is CC1NCCCC1NS(=O)(=O)c1ccc(F)c(Cl)c1. The van der Waals surface area contributed by atoms with Crippen molar-refractivity contribution in [1.29, 1.82) is 0 Å². The van der Waals surface area contributed by atoms with Crippen LogP contribution in [-0.2, 0) is 10.0 Å². The molecule has 2 N–H and O–H groups in total. The van der Waals surface area contributed by atoms with E-state index in [1.807, 2.05) is 6.92 Å². The normalized spacial score (nSPS) is 24.4. The third-order valence-corrected chi connectivity index (χ3v) is 5.05. The summed E-state index contributed by atoms with van der Waals surface area (Å²) in [5, 5.41) is 3.02. The van der Waals surface area contributed by atoms with Crippen molar-refractivity contribution in [3.63, 3.8) is 0 Å². The largest absolute Gasteiger partial charge is 0.313 e. The molecule has 1 fully saturated rings. The number of benzene rings is 1. The van der Waals surface area contributed by atoms with Crippen LogP contribution in [0.1, 0.15) is 19.8 Å². The Morgan fingerprint density at radius 3 is 2.84 bits per heavy atom. The van der Waals surface area contributed by atoms with Crippen LogP contribution in [0.4, 0.5) is 4.39 Å². The van der Waals surface area contributed by atoms with Gasteiger partial charge in [-0.05, 0) is 44.5 Å². The minimum atomic E-state index is -3.67. The molecular weight excluding hydrogens is 291 g/mol. The predicted molar refractivity (Wildman–Crippen MR) is 72.2 cm³/mol. The molecule has 1 aromatic carbocycles. The second-order valence-electron chi connectivity index (χ2n) is 4.69. The maximum Gasteiger partial charge on any atom is 0.240 e. The highest BCUT2D eigenvalue weighted by molar-refractivity contribution is 7.89. The molecule has 19 heavy (non-hydrogen) atoms. The summed E-state index contributed by atoms with van der Waals surface area (Å²) in [7, 11) is -3.67. The summed E-state index contributed by atoms with van der Waals surface area (Å²) in [5.41, 5.74) is 0. The number of hydrogen-bond acceptors (Lipinski definition) is 3. The standard InChI is InChI=1S/C12H16ClFN2O2S/c1-8-12(3-2-6-15-8)16-19(17,18)9-4-5-11(14)10(13)7-9/h4-5,7-8,12,15-16H,2-3,6H2,1H3. The minimum Gasteiger partial charge on any atom is -0.313 e. The van der Waals surface area contributed by atoms with E-state index in [0.29, 0.717) is 0 Å². The van der Waals surface area contributed by atoms with Crippen molar-refractivity contribution in [1.82, 2.24) is 10.0 Å². The average Bonchev–Trinajstić information content (AvgIpc) is 2.35. The Balaban J connectivity index is 2.19. The molecule has 1 aliphatic rings. The van der Waals surface area contributed by atoms with Crippen molar-refractivity contribution < 1.29 is 12.8 Å². The molecule has 106 valence electrons. The van der Waals surface area contributed by atoms with Crippen LogP contribution in [0, 0.1) is 5.82 Å². The summed E-state index contributed by atoms with van der Waals surface area (Å²) in [6.45, 7) is 2.83. The summed E-state index contributed by atoms with van der Waals surface area (Å²) in [6.07, 6.45) is 1.70. The van der Waals surface area contributed by atoms with Crippen molar-refractivity contribution in [2.45, 2.75) is 36.7 Å².